The highest BCUT2D eigenvalue weighted by molar-refractivity contribution is 7.99. The lowest BCUT2D eigenvalue weighted by Crippen LogP contribution is -2.34. The van der Waals surface area contributed by atoms with Crippen LogP contribution in [0, 0.1) is 19.8 Å². The summed E-state index contributed by atoms with van der Waals surface area (Å²) >= 11 is 1.52. The van der Waals surface area contributed by atoms with Crippen LogP contribution in [0.5, 0.6) is 0 Å². The summed E-state index contributed by atoms with van der Waals surface area (Å²) in [7, 11) is 0. The molecule has 2 unspecified atom stereocenters. The number of nitrogens with two attached hydrogens (primary N) is 1. The zero-order chi connectivity index (χ0) is 17.8. The molecule has 1 aromatic heterocycles. The Kier molecular flexibility index (Phi) is 7.43. The summed E-state index contributed by atoms with van der Waals surface area (Å²) in [5, 5.41) is 3.75. The van der Waals surface area contributed by atoms with Crippen LogP contribution in [0.3, 0.4) is 0 Å². The van der Waals surface area contributed by atoms with Crippen molar-refractivity contribution in [3.05, 3.63) is 41.7 Å². The van der Waals surface area contributed by atoms with Crippen molar-refractivity contribution in [2.75, 3.05) is 5.32 Å². The monoisotopic (exact) mass is 392 g/mol. The van der Waals surface area contributed by atoms with E-state index >= 15 is 0 Å². The summed E-state index contributed by atoms with van der Waals surface area (Å²) in [5.41, 5.74) is 8.72. The van der Waals surface area contributed by atoms with Crippen LogP contribution in [-0.2, 0) is 4.79 Å². The molecule has 1 amide bonds. The molecule has 0 bridgehead atoms. The van der Waals surface area contributed by atoms with Gasteiger partial charge in [0.25, 0.3) is 0 Å². The third kappa shape index (κ3) is 5.69. The molecule has 7 heteroatoms. The first-order valence-corrected chi connectivity index (χ1v) is 9.48. The molecule has 0 radical (unpaired) electrons. The Hall–Kier alpha value is -1.63. The van der Waals surface area contributed by atoms with Gasteiger partial charge in [-0.05, 0) is 75.2 Å². The number of hydrogen-bond donors (Lipinski definition) is 2. The molecule has 3 rings (SSSR count). The fourth-order valence-corrected chi connectivity index (χ4v) is 4.02. The van der Waals surface area contributed by atoms with E-state index in [0.29, 0.717) is 0 Å². The highest BCUT2D eigenvalue weighted by atomic mass is 35.5. The summed E-state index contributed by atoms with van der Waals surface area (Å²) in [4.78, 5) is 22.3. The summed E-state index contributed by atoms with van der Waals surface area (Å²) in [6, 6.07) is 9.92. The van der Waals surface area contributed by atoms with Crippen molar-refractivity contribution in [1.29, 1.82) is 0 Å². The third-order valence-electron chi connectivity index (χ3n) is 4.38. The Morgan fingerprint density at radius 3 is 2.42 bits per heavy atom. The van der Waals surface area contributed by atoms with Gasteiger partial charge in [0, 0.05) is 33.9 Å². The van der Waals surface area contributed by atoms with Gasteiger partial charge in [0.1, 0.15) is 0 Å². The lowest BCUT2D eigenvalue weighted by molar-refractivity contribution is -0.120. The van der Waals surface area contributed by atoms with Crippen LogP contribution in [-0.4, -0.2) is 21.9 Å². The van der Waals surface area contributed by atoms with Crippen molar-refractivity contribution in [3.8, 4) is 0 Å². The largest absolute Gasteiger partial charge is 0.328 e. The molecule has 0 saturated heterocycles. The zero-order valence-electron chi connectivity index (χ0n) is 15.1. The molecular formula is C19H25ClN4OS. The van der Waals surface area contributed by atoms with Crippen LogP contribution in [0.25, 0.3) is 0 Å². The molecule has 0 aliphatic heterocycles. The van der Waals surface area contributed by atoms with E-state index in [-0.39, 0.29) is 30.3 Å². The van der Waals surface area contributed by atoms with Crippen molar-refractivity contribution in [2.45, 2.75) is 55.6 Å². The van der Waals surface area contributed by atoms with E-state index in [4.69, 9.17) is 5.73 Å². The maximum atomic E-state index is 12.4. The molecule has 0 spiro atoms. The van der Waals surface area contributed by atoms with Crippen LogP contribution in [0.2, 0.25) is 0 Å². The average molecular weight is 393 g/mol. The van der Waals surface area contributed by atoms with E-state index in [9.17, 15) is 4.79 Å². The van der Waals surface area contributed by atoms with Gasteiger partial charge in [-0.15, -0.1) is 12.4 Å². The molecule has 5 nitrogen and oxygen atoms in total. The number of aromatic nitrogens is 2. The van der Waals surface area contributed by atoms with Crippen molar-refractivity contribution in [1.82, 2.24) is 9.97 Å². The Labute approximate surface area is 165 Å². The summed E-state index contributed by atoms with van der Waals surface area (Å²) in [5.74, 6) is 0.106. The number of nitrogens with zero attached hydrogens (tertiary/aromatic N) is 2. The minimum absolute atomic E-state index is 0. The van der Waals surface area contributed by atoms with Crippen molar-refractivity contribution >= 4 is 35.8 Å². The summed E-state index contributed by atoms with van der Waals surface area (Å²) in [6.07, 6.45) is 3.77. The van der Waals surface area contributed by atoms with Crippen LogP contribution in [0.15, 0.2) is 40.4 Å². The number of carbonyl (C=O) groups excluding carboxylic acids is 1. The molecule has 2 atom stereocenters. The van der Waals surface area contributed by atoms with Crippen LogP contribution in [0.1, 0.15) is 37.1 Å². The molecule has 26 heavy (non-hydrogen) atoms. The van der Waals surface area contributed by atoms with Crippen molar-refractivity contribution in [2.24, 2.45) is 11.7 Å². The number of benzene rings is 1. The molecule has 1 heterocycles. The number of aryl methyl sites for hydroxylation is 2. The van der Waals surface area contributed by atoms with E-state index in [2.05, 4.69) is 15.3 Å². The highest BCUT2D eigenvalue weighted by Gasteiger charge is 2.25. The maximum absolute atomic E-state index is 12.4. The number of hydrogen-bond acceptors (Lipinski definition) is 5. The highest BCUT2D eigenvalue weighted by Crippen LogP contribution is 2.27. The van der Waals surface area contributed by atoms with Crippen molar-refractivity contribution < 1.29 is 4.79 Å². The van der Waals surface area contributed by atoms with Gasteiger partial charge in [0.05, 0.1) is 0 Å². The second-order valence-electron chi connectivity index (χ2n) is 6.67. The average Bonchev–Trinajstić information content (AvgIpc) is 2.56. The van der Waals surface area contributed by atoms with Gasteiger partial charge in [-0.1, -0.05) is 6.42 Å². The van der Waals surface area contributed by atoms with Crippen molar-refractivity contribution in [3.63, 3.8) is 0 Å². The Balaban J connectivity index is 0.00000243. The molecule has 1 aliphatic carbocycles. The Bertz CT molecular complexity index is 733. The fourth-order valence-electron chi connectivity index (χ4n) is 3.16. The maximum Gasteiger partial charge on any atom is 0.227 e. The second-order valence-corrected chi connectivity index (χ2v) is 7.71. The van der Waals surface area contributed by atoms with E-state index in [1.165, 1.54) is 11.8 Å². The predicted octanol–water partition coefficient (Wildman–Crippen LogP) is 4.12. The summed E-state index contributed by atoms with van der Waals surface area (Å²) < 4.78 is 0. The Morgan fingerprint density at radius 1 is 1.15 bits per heavy atom. The molecule has 1 aliphatic rings. The smallest absolute Gasteiger partial charge is 0.227 e. The molecular weight excluding hydrogens is 368 g/mol. The van der Waals surface area contributed by atoms with Gasteiger partial charge in [-0.3, -0.25) is 4.79 Å². The molecule has 1 fully saturated rings. The lowest BCUT2D eigenvalue weighted by atomic mass is 9.85. The first kappa shape index (κ1) is 20.7. The first-order chi connectivity index (χ1) is 12.0. The predicted molar refractivity (Wildman–Crippen MR) is 108 cm³/mol. The van der Waals surface area contributed by atoms with Gasteiger partial charge < -0.3 is 11.1 Å². The standard InChI is InChI=1S/C19H24N4OS.ClH/c1-12-10-13(2)22-19(21-12)25-17-8-6-16(7-9-17)23-18(24)14-4-3-5-15(20)11-14;/h6-10,14-15H,3-5,11,20H2,1-2H3,(H,23,24);1H. The van der Waals surface area contributed by atoms with Crippen LogP contribution in [0.4, 0.5) is 5.69 Å². The lowest BCUT2D eigenvalue weighted by Gasteiger charge is -2.25. The van der Waals surface area contributed by atoms with E-state index < -0.39 is 0 Å². The van der Waals surface area contributed by atoms with E-state index in [0.717, 1.165) is 52.8 Å². The number of halogens is 1. The third-order valence-corrected chi connectivity index (χ3v) is 5.25. The Morgan fingerprint density at radius 2 is 1.81 bits per heavy atom. The van der Waals surface area contributed by atoms with Gasteiger partial charge in [0.15, 0.2) is 5.16 Å². The van der Waals surface area contributed by atoms with E-state index in [1.54, 1.807) is 0 Å². The normalized spacial score (nSPS) is 19.5. The minimum atomic E-state index is 0. The number of anilines is 1. The number of carbonyl (C=O) groups is 1. The number of nitrogens with one attached hydrogen (secondary N) is 1. The second kappa shape index (κ2) is 9.35. The minimum Gasteiger partial charge on any atom is -0.328 e. The van der Waals surface area contributed by atoms with Gasteiger partial charge >= 0.3 is 0 Å². The van der Waals surface area contributed by atoms with E-state index in [1.807, 2.05) is 44.2 Å². The molecule has 140 valence electrons. The van der Waals surface area contributed by atoms with Gasteiger partial charge in [-0.25, -0.2) is 9.97 Å². The fraction of sp³-hybridized carbons (Fsp3) is 0.421. The zero-order valence-corrected chi connectivity index (χ0v) is 16.7. The van der Waals surface area contributed by atoms with Crippen LogP contribution >= 0.6 is 24.2 Å². The molecule has 3 N–H and O–H groups in total. The summed E-state index contributed by atoms with van der Waals surface area (Å²) in [6.45, 7) is 3.93. The number of amides is 1. The molecule has 1 aromatic carbocycles. The first-order valence-electron chi connectivity index (χ1n) is 8.66. The van der Waals surface area contributed by atoms with Crippen LogP contribution < -0.4 is 11.1 Å². The topological polar surface area (TPSA) is 80.9 Å². The number of rotatable bonds is 4. The van der Waals surface area contributed by atoms with Gasteiger partial charge in [0.2, 0.25) is 5.91 Å². The quantitative estimate of drug-likeness (QED) is 0.765. The SMILES string of the molecule is Cc1cc(C)nc(Sc2ccc(NC(=O)C3CCCC(N)C3)cc2)n1.Cl. The molecule has 1 saturated carbocycles. The van der Waals surface area contributed by atoms with Gasteiger partial charge in [-0.2, -0.15) is 0 Å². The molecule has 2 aromatic rings.